The van der Waals surface area contributed by atoms with Crippen molar-refractivity contribution in [3.8, 4) is 0 Å². The van der Waals surface area contributed by atoms with Crippen LogP contribution in [0.5, 0.6) is 0 Å². The molecule has 2 N–H and O–H groups in total. The quantitative estimate of drug-likeness (QED) is 0.686. The summed E-state index contributed by atoms with van der Waals surface area (Å²) in [5.41, 5.74) is 0.969. The Morgan fingerprint density at radius 1 is 1.10 bits per heavy atom. The number of carbonyl (C=O) groups is 2. The van der Waals surface area contributed by atoms with Crippen molar-refractivity contribution in [2.45, 2.75) is 11.3 Å². The van der Waals surface area contributed by atoms with Crippen molar-refractivity contribution in [1.29, 1.82) is 0 Å². The minimum atomic E-state index is -3.96. The molecule has 0 radical (unpaired) electrons. The molecule has 7 nitrogen and oxygen atoms in total. The van der Waals surface area contributed by atoms with E-state index in [1.165, 1.54) is 48.7 Å². The van der Waals surface area contributed by atoms with Crippen molar-refractivity contribution in [2.24, 2.45) is 0 Å². The van der Waals surface area contributed by atoms with E-state index in [1.807, 2.05) is 0 Å². The van der Waals surface area contributed by atoms with Crippen LogP contribution in [0.25, 0.3) is 0 Å². The first-order chi connectivity index (χ1) is 13.9. The number of aromatic nitrogens is 1. The molecule has 0 aliphatic carbocycles. The monoisotopic (exact) mass is 413 g/mol. The van der Waals surface area contributed by atoms with E-state index in [0.29, 0.717) is 6.42 Å². The van der Waals surface area contributed by atoms with E-state index in [1.54, 1.807) is 12.1 Å². The number of rotatable bonds is 4. The lowest BCUT2D eigenvalue weighted by Crippen LogP contribution is -2.26. The highest BCUT2D eigenvalue weighted by atomic mass is 32.2. The van der Waals surface area contributed by atoms with Gasteiger partial charge in [-0.25, -0.2) is 16.8 Å². The molecule has 1 aliphatic rings. The Labute approximate surface area is 166 Å². The highest BCUT2D eigenvalue weighted by Crippen LogP contribution is 2.29. The molecular weight excluding hydrogens is 397 g/mol. The molecule has 0 bridgehead atoms. The number of amides is 2. The molecule has 9 heteroatoms. The highest BCUT2D eigenvalue weighted by molar-refractivity contribution is 7.90. The second-order valence-corrected chi connectivity index (χ2v) is 8.28. The summed E-state index contributed by atoms with van der Waals surface area (Å²) in [7, 11) is -3.96. The lowest BCUT2D eigenvalue weighted by atomic mass is 10.1. The third kappa shape index (κ3) is 3.52. The van der Waals surface area contributed by atoms with Gasteiger partial charge in [-0.2, -0.15) is 0 Å². The maximum absolute atomic E-state index is 13.2. The first-order valence-corrected chi connectivity index (χ1v) is 10.2. The average molecular weight is 413 g/mol. The van der Waals surface area contributed by atoms with Crippen molar-refractivity contribution in [1.82, 2.24) is 9.29 Å². The van der Waals surface area contributed by atoms with Gasteiger partial charge in [0.15, 0.2) is 0 Å². The zero-order valence-corrected chi connectivity index (χ0v) is 15.9. The van der Waals surface area contributed by atoms with Crippen molar-refractivity contribution in [2.75, 3.05) is 11.9 Å². The minimum Gasteiger partial charge on any atom is -0.352 e. The average Bonchev–Trinajstić information content (AvgIpc) is 3.16. The largest absolute Gasteiger partial charge is 0.352 e. The maximum Gasteiger partial charge on any atom is 0.273 e. The molecule has 0 fully saturated rings. The van der Waals surface area contributed by atoms with Crippen LogP contribution < -0.4 is 10.6 Å². The fourth-order valence-electron chi connectivity index (χ4n) is 3.15. The van der Waals surface area contributed by atoms with Gasteiger partial charge in [-0.15, -0.1) is 0 Å². The number of hydrogen-bond donors (Lipinski definition) is 2. The maximum atomic E-state index is 13.2. The van der Waals surface area contributed by atoms with Crippen molar-refractivity contribution >= 4 is 27.5 Å². The molecule has 29 heavy (non-hydrogen) atoms. The Kier molecular flexibility index (Phi) is 4.67. The molecule has 4 rings (SSSR count). The number of anilines is 1. The van der Waals surface area contributed by atoms with Crippen LogP contribution in [-0.2, 0) is 16.4 Å². The molecule has 3 aromatic rings. The van der Waals surface area contributed by atoms with Gasteiger partial charge in [0, 0.05) is 18.3 Å². The van der Waals surface area contributed by atoms with Gasteiger partial charge in [0.25, 0.3) is 21.8 Å². The van der Waals surface area contributed by atoms with Crippen molar-refractivity contribution in [3.05, 3.63) is 83.4 Å². The normalized spacial score (nSPS) is 14.3. The summed E-state index contributed by atoms with van der Waals surface area (Å²) in [6.45, 7) is 0.273. The lowest BCUT2D eigenvalue weighted by Gasteiger charge is -2.10. The van der Waals surface area contributed by atoms with Crippen LogP contribution in [0.3, 0.4) is 0 Å². The zero-order valence-electron chi connectivity index (χ0n) is 15.1. The highest BCUT2D eigenvalue weighted by Gasteiger charge is 2.30. The summed E-state index contributed by atoms with van der Waals surface area (Å²) in [6.07, 6.45) is 1.74. The molecule has 0 unspecified atom stereocenters. The minimum absolute atomic E-state index is 0.0118. The summed E-state index contributed by atoms with van der Waals surface area (Å²) in [6, 6.07) is 13.0. The van der Waals surface area contributed by atoms with E-state index < -0.39 is 21.8 Å². The van der Waals surface area contributed by atoms with Crippen LogP contribution in [0.15, 0.2) is 65.7 Å². The standard InChI is InChI=1S/C20H16FN3O4S/c21-15-4-1-3-13(11-15)8-9-22-19(25)14-6-7-18-16(12-14)23-20(26)17-5-2-10-24(17)29(18,27)28/h1-7,10-12H,8-9H2,(H,22,25)(H,23,26). The molecule has 0 spiro atoms. The Hall–Kier alpha value is -3.46. The summed E-state index contributed by atoms with van der Waals surface area (Å²) in [5, 5.41) is 5.25. The van der Waals surface area contributed by atoms with E-state index in [0.717, 1.165) is 9.54 Å². The SMILES string of the molecule is O=C(NCCc1cccc(F)c1)c1ccc2c(c1)NC(=O)c1cccn1S2(=O)=O. The fourth-order valence-corrected chi connectivity index (χ4v) is 4.63. The van der Waals surface area contributed by atoms with E-state index in [2.05, 4.69) is 10.6 Å². The molecule has 0 atom stereocenters. The molecule has 0 saturated carbocycles. The van der Waals surface area contributed by atoms with Crippen LogP contribution in [0.4, 0.5) is 10.1 Å². The van der Waals surface area contributed by atoms with Gasteiger partial charge in [-0.1, -0.05) is 12.1 Å². The van der Waals surface area contributed by atoms with Crippen molar-refractivity contribution in [3.63, 3.8) is 0 Å². The Morgan fingerprint density at radius 3 is 2.72 bits per heavy atom. The Morgan fingerprint density at radius 2 is 1.93 bits per heavy atom. The predicted octanol–water partition coefficient (Wildman–Crippen LogP) is 2.40. The molecule has 2 aromatic carbocycles. The van der Waals surface area contributed by atoms with E-state index in [4.69, 9.17) is 0 Å². The predicted molar refractivity (Wildman–Crippen MR) is 104 cm³/mol. The van der Waals surface area contributed by atoms with Gasteiger partial charge in [0.1, 0.15) is 16.4 Å². The van der Waals surface area contributed by atoms with Gasteiger partial charge in [0.2, 0.25) is 0 Å². The lowest BCUT2D eigenvalue weighted by molar-refractivity contribution is 0.0952. The zero-order chi connectivity index (χ0) is 20.6. The van der Waals surface area contributed by atoms with E-state index >= 15 is 0 Å². The number of benzene rings is 2. The third-order valence-electron chi connectivity index (χ3n) is 4.56. The van der Waals surface area contributed by atoms with Gasteiger partial charge >= 0.3 is 0 Å². The van der Waals surface area contributed by atoms with Crippen LogP contribution >= 0.6 is 0 Å². The summed E-state index contributed by atoms with van der Waals surface area (Å²) in [5.74, 6) is -1.36. The smallest absolute Gasteiger partial charge is 0.273 e. The molecule has 2 amide bonds. The summed E-state index contributed by atoms with van der Waals surface area (Å²) < 4.78 is 39.7. The number of hydrogen-bond acceptors (Lipinski definition) is 4. The van der Waals surface area contributed by atoms with Crippen LogP contribution in [0.2, 0.25) is 0 Å². The number of nitrogens with one attached hydrogen (secondary N) is 2. The number of carbonyl (C=O) groups excluding carboxylic acids is 2. The number of halogens is 1. The third-order valence-corrected chi connectivity index (χ3v) is 6.31. The van der Waals surface area contributed by atoms with Gasteiger partial charge in [-0.05, 0) is 54.4 Å². The van der Waals surface area contributed by atoms with Crippen LogP contribution in [-0.4, -0.2) is 30.7 Å². The van der Waals surface area contributed by atoms with E-state index in [9.17, 15) is 22.4 Å². The summed E-state index contributed by atoms with van der Waals surface area (Å²) >= 11 is 0. The van der Waals surface area contributed by atoms with Gasteiger partial charge in [0.05, 0.1) is 5.69 Å². The molecule has 1 aromatic heterocycles. The first-order valence-electron chi connectivity index (χ1n) is 8.77. The topological polar surface area (TPSA) is 97.3 Å². The molecular formula is C20H16FN3O4S. The van der Waals surface area contributed by atoms with Gasteiger partial charge < -0.3 is 10.6 Å². The fraction of sp³-hybridized carbons (Fsp3) is 0.100. The molecule has 2 heterocycles. The van der Waals surface area contributed by atoms with Crippen molar-refractivity contribution < 1.29 is 22.4 Å². The number of nitrogens with zero attached hydrogens (tertiary/aromatic N) is 1. The summed E-state index contributed by atoms with van der Waals surface area (Å²) in [4.78, 5) is 24.7. The van der Waals surface area contributed by atoms with Crippen LogP contribution in [0, 0.1) is 5.82 Å². The molecule has 1 aliphatic heterocycles. The first kappa shape index (κ1) is 18.9. The Balaban J connectivity index is 1.54. The van der Waals surface area contributed by atoms with Crippen LogP contribution in [0.1, 0.15) is 26.4 Å². The number of fused-ring (bicyclic) bond motifs is 2. The Bertz CT molecular complexity index is 1230. The molecule has 0 saturated heterocycles. The second-order valence-electron chi connectivity index (χ2n) is 6.50. The second kappa shape index (κ2) is 7.17. The van der Waals surface area contributed by atoms with E-state index in [-0.39, 0.29) is 34.2 Å². The van der Waals surface area contributed by atoms with Gasteiger partial charge in [-0.3, -0.25) is 9.59 Å². The molecule has 148 valence electrons.